The summed E-state index contributed by atoms with van der Waals surface area (Å²) in [5.74, 6) is 0.552. The molecule has 0 aliphatic heterocycles. The fraction of sp³-hybridized carbons (Fsp3) is 0.643. The maximum absolute atomic E-state index is 12.2. The standard InChI is InChI=1S/C14H25N5O/c1-9(2)13-16-8-11(15)12(18-13)14(20)17-10(3)6-7-19(4)5/h8-10H,6-7,15H2,1-5H3,(H,17,20). The Hall–Kier alpha value is -1.69. The third-order valence-corrected chi connectivity index (χ3v) is 2.95. The molecule has 0 bridgehead atoms. The Balaban J connectivity index is 2.74. The van der Waals surface area contributed by atoms with Crippen molar-refractivity contribution in [2.24, 2.45) is 0 Å². The van der Waals surface area contributed by atoms with Gasteiger partial charge in [0.25, 0.3) is 5.91 Å². The summed E-state index contributed by atoms with van der Waals surface area (Å²) in [5.41, 5.74) is 6.37. The predicted octanol–water partition coefficient (Wildman–Crippen LogP) is 1.25. The van der Waals surface area contributed by atoms with Crippen LogP contribution in [0.15, 0.2) is 6.20 Å². The second-order valence-electron chi connectivity index (χ2n) is 5.65. The summed E-state index contributed by atoms with van der Waals surface area (Å²) in [4.78, 5) is 22.7. The first kappa shape index (κ1) is 16.4. The first-order chi connectivity index (χ1) is 9.31. The topological polar surface area (TPSA) is 84.1 Å². The highest BCUT2D eigenvalue weighted by Crippen LogP contribution is 2.13. The zero-order valence-electron chi connectivity index (χ0n) is 13.0. The molecule has 1 amide bonds. The number of aromatic nitrogens is 2. The summed E-state index contributed by atoms with van der Waals surface area (Å²) in [6.45, 7) is 6.85. The molecular weight excluding hydrogens is 254 g/mol. The van der Waals surface area contributed by atoms with Crippen molar-refractivity contribution in [1.82, 2.24) is 20.2 Å². The van der Waals surface area contributed by atoms with Crippen LogP contribution in [0.4, 0.5) is 5.69 Å². The molecule has 1 unspecified atom stereocenters. The average Bonchev–Trinajstić information content (AvgIpc) is 2.36. The van der Waals surface area contributed by atoms with E-state index in [0.29, 0.717) is 11.5 Å². The van der Waals surface area contributed by atoms with Crippen molar-refractivity contribution >= 4 is 11.6 Å². The number of carbonyl (C=O) groups is 1. The van der Waals surface area contributed by atoms with Crippen LogP contribution < -0.4 is 11.1 Å². The minimum Gasteiger partial charge on any atom is -0.396 e. The Morgan fingerprint density at radius 1 is 1.40 bits per heavy atom. The average molecular weight is 279 g/mol. The van der Waals surface area contributed by atoms with E-state index < -0.39 is 0 Å². The molecule has 0 saturated carbocycles. The number of nitrogens with zero attached hydrogens (tertiary/aromatic N) is 3. The third kappa shape index (κ3) is 4.77. The number of anilines is 1. The van der Waals surface area contributed by atoms with Gasteiger partial charge in [-0.05, 0) is 34.0 Å². The van der Waals surface area contributed by atoms with Gasteiger partial charge in [0, 0.05) is 12.0 Å². The van der Waals surface area contributed by atoms with Gasteiger partial charge in [0.15, 0.2) is 5.69 Å². The molecule has 0 spiro atoms. The first-order valence-electron chi connectivity index (χ1n) is 6.89. The third-order valence-electron chi connectivity index (χ3n) is 2.95. The van der Waals surface area contributed by atoms with Crippen LogP contribution in [0.3, 0.4) is 0 Å². The van der Waals surface area contributed by atoms with Gasteiger partial charge in [-0.1, -0.05) is 13.8 Å². The molecule has 6 nitrogen and oxygen atoms in total. The zero-order valence-corrected chi connectivity index (χ0v) is 13.0. The Bertz CT molecular complexity index is 459. The molecule has 0 fully saturated rings. The quantitative estimate of drug-likeness (QED) is 0.819. The van der Waals surface area contributed by atoms with Gasteiger partial charge in [-0.3, -0.25) is 4.79 Å². The molecule has 0 aromatic carbocycles. The van der Waals surface area contributed by atoms with E-state index in [4.69, 9.17) is 5.73 Å². The van der Waals surface area contributed by atoms with Gasteiger partial charge in [-0.15, -0.1) is 0 Å². The van der Waals surface area contributed by atoms with Crippen LogP contribution in [-0.2, 0) is 0 Å². The maximum Gasteiger partial charge on any atom is 0.272 e. The van der Waals surface area contributed by atoms with Gasteiger partial charge in [-0.2, -0.15) is 0 Å². The van der Waals surface area contributed by atoms with Crippen LogP contribution in [0.1, 0.15) is 49.4 Å². The predicted molar refractivity (Wildman–Crippen MR) is 80.6 cm³/mol. The number of hydrogen-bond acceptors (Lipinski definition) is 5. The summed E-state index contributed by atoms with van der Waals surface area (Å²) in [6, 6.07) is 0.0711. The molecule has 20 heavy (non-hydrogen) atoms. The summed E-state index contributed by atoms with van der Waals surface area (Å²) in [7, 11) is 4.01. The Morgan fingerprint density at radius 3 is 2.60 bits per heavy atom. The van der Waals surface area contributed by atoms with Gasteiger partial charge in [0.2, 0.25) is 0 Å². The second-order valence-corrected chi connectivity index (χ2v) is 5.65. The van der Waals surface area contributed by atoms with E-state index in [-0.39, 0.29) is 23.6 Å². The van der Waals surface area contributed by atoms with E-state index in [0.717, 1.165) is 13.0 Å². The fourth-order valence-electron chi connectivity index (χ4n) is 1.68. The highest BCUT2D eigenvalue weighted by atomic mass is 16.2. The van der Waals surface area contributed by atoms with Gasteiger partial charge in [-0.25, -0.2) is 9.97 Å². The molecule has 0 aliphatic rings. The van der Waals surface area contributed by atoms with E-state index in [2.05, 4.69) is 20.2 Å². The van der Waals surface area contributed by atoms with Crippen molar-refractivity contribution in [3.8, 4) is 0 Å². The Labute approximate surface area is 120 Å². The van der Waals surface area contributed by atoms with Crippen LogP contribution in [0.2, 0.25) is 0 Å². The summed E-state index contributed by atoms with van der Waals surface area (Å²) in [5, 5.41) is 2.92. The highest BCUT2D eigenvalue weighted by Gasteiger charge is 2.16. The molecule has 0 radical (unpaired) electrons. The highest BCUT2D eigenvalue weighted by molar-refractivity contribution is 5.97. The van der Waals surface area contributed by atoms with Crippen molar-refractivity contribution in [1.29, 1.82) is 0 Å². The molecule has 6 heteroatoms. The summed E-state index contributed by atoms with van der Waals surface area (Å²) >= 11 is 0. The van der Waals surface area contributed by atoms with Crippen LogP contribution >= 0.6 is 0 Å². The molecule has 1 atom stereocenters. The lowest BCUT2D eigenvalue weighted by Crippen LogP contribution is -2.35. The molecule has 0 aliphatic carbocycles. The molecule has 1 aromatic heterocycles. The van der Waals surface area contributed by atoms with Crippen molar-refractivity contribution < 1.29 is 4.79 Å². The largest absolute Gasteiger partial charge is 0.396 e. The molecule has 0 saturated heterocycles. The van der Waals surface area contributed by atoms with Crippen molar-refractivity contribution in [3.63, 3.8) is 0 Å². The number of nitrogens with two attached hydrogens (primary N) is 1. The Kier molecular flexibility index (Phi) is 5.88. The normalized spacial score (nSPS) is 12.8. The second kappa shape index (κ2) is 7.19. The smallest absolute Gasteiger partial charge is 0.272 e. The number of nitrogens with one attached hydrogen (secondary N) is 1. The van der Waals surface area contributed by atoms with Crippen molar-refractivity contribution in [3.05, 3.63) is 17.7 Å². The SMILES string of the molecule is CC(CCN(C)C)NC(=O)c1nc(C(C)C)ncc1N. The van der Waals surface area contributed by atoms with E-state index in [9.17, 15) is 4.79 Å². The van der Waals surface area contributed by atoms with Crippen molar-refractivity contribution in [2.45, 2.75) is 39.2 Å². The minimum atomic E-state index is -0.238. The molecule has 112 valence electrons. The molecule has 1 heterocycles. The number of hydrogen-bond donors (Lipinski definition) is 2. The summed E-state index contributed by atoms with van der Waals surface area (Å²) < 4.78 is 0. The number of nitrogen functional groups attached to an aromatic ring is 1. The van der Waals surface area contributed by atoms with Crippen LogP contribution in [0.5, 0.6) is 0 Å². The van der Waals surface area contributed by atoms with E-state index in [1.165, 1.54) is 6.20 Å². The maximum atomic E-state index is 12.2. The van der Waals surface area contributed by atoms with Gasteiger partial charge in [0.05, 0.1) is 11.9 Å². The van der Waals surface area contributed by atoms with Crippen LogP contribution in [-0.4, -0.2) is 47.5 Å². The lowest BCUT2D eigenvalue weighted by Gasteiger charge is -2.17. The number of amides is 1. The number of carbonyl (C=O) groups excluding carboxylic acids is 1. The van der Waals surface area contributed by atoms with Crippen LogP contribution in [0.25, 0.3) is 0 Å². The fourth-order valence-corrected chi connectivity index (χ4v) is 1.68. The monoisotopic (exact) mass is 279 g/mol. The van der Waals surface area contributed by atoms with Gasteiger partial charge in [0.1, 0.15) is 5.82 Å². The van der Waals surface area contributed by atoms with Gasteiger partial charge >= 0.3 is 0 Å². The first-order valence-corrected chi connectivity index (χ1v) is 6.89. The Morgan fingerprint density at radius 2 is 2.05 bits per heavy atom. The molecule has 1 rings (SSSR count). The van der Waals surface area contributed by atoms with E-state index in [1.54, 1.807) is 0 Å². The van der Waals surface area contributed by atoms with E-state index in [1.807, 2.05) is 34.9 Å². The lowest BCUT2D eigenvalue weighted by atomic mass is 10.2. The van der Waals surface area contributed by atoms with Gasteiger partial charge < -0.3 is 16.0 Å². The van der Waals surface area contributed by atoms with E-state index >= 15 is 0 Å². The van der Waals surface area contributed by atoms with Crippen molar-refractivity contribution in [2.75, 3.05) is 26.4 Å². The van der Waals surface area contributed by atoms with Crippen LogP contribution in [0, 0.1) is 0 Å². The molecule has 1 aromatic rings. The molecule has 3 N–H and O–H groups in total. The summed E-state index contributed by atoms with van der Waals surface area (Å²) in [6.07, 6.45) is 2.38. The minimum absolute atomic E-state index is 0.0711. The lowest BCUT2D eigenvalue weighted by molar-refractivity contribution is 0.0932. The molecular formula is C14H25N5O. The zero-order chi connectivity index (χ0) is 15.3. The number of rotatable bonds is 6.